The average molecular weight is 1070 g/mol. The van der Waals surface area contributed by atoms with Crippen LogP contribution >= 0.6 is 0 Å². The predicted molar refractivity (Wildman–Crippen MR) is 343 cm³/mol. The summed E-state index contributed by atoms with van der Waals surface area (Å²) in [6, 6.07) is 92.5. The van der Waals surface area contributed by atoms with E-state index in [2.05, 4.69) is 238 Å². The lowest BCUT2D eigenvalue weighted by Gasteiger charge is -2.13. The van der Waals surface area contributed by atoms with Gasteiger partial charge in [-0.3, -0.25) is 0 Å². The normalized spacial score (nSPS) is 12.3. The topological polar surface area (TPSA) is 80.0 Å². The van der Waals surface area contributed by atoms with Crippen molar-refractivity contribution in [3.63, 3.8) is 0 Å². The summed E-state index contributed by atoms with van der Waals surface area (Å²) < 4.78 is 26.4. The van der Waals surface area contributed by atoms with Crippen molar-refractivity contribution in [2.24, 2.45) is 0 Å². The van der Waals surface area contributed by atoms with Crippen LogP contribution in [-0.4, -0.2) is 23.7 Å². The zero-order valence-corrected chi connectivity index (χ0v) is 44.8. The third-order valence-electron chi connectivity index (χ3n) is 17.5. The van der Waals surface area contributed by atoms with Gasteiger partial charge in [0.2, 0.25) is 0 Å². The van der Waals surface area contributed by atoms with Crippen LogP contribution in [0.4, 0.5) is 0 Å². The highest BCUT2D eigenvalue weighted by Crippen LogP contribution is 2.43. The molecule has 0 saturated carbocycles. The van der Waals surface area contributed by atoms with E-state index in [0.717, 1.165) is 144 Å². The van der Waals surface area contributed by atoms with Crippen molar-refractivity contribution in [3.8, 4) is 51.0 Å². The summed E-state index contributed by atoms with van der Waals surface area (Å²) in [5, 5.41) is 13.8. The Hall–Kier alpha value is -11.5. The maximum absolute atomic E-state index is 6.45. The Kier molecular flexibility index (Phi) is 9.18. The molecule has 7 heterocycles. The third-order valence-corrected chi connectivity index (χ3v) is 17.5. The number of fused-ring (bicyclic) bond motifs is 18. The molecule has 84 heavy (non-hydrogen) atoms. The molecule has 19 aromatic rings. The Morgan fingerprint density at radius 1 is 0.214 bits per heavy atom. The Bertz CT molecular complexity index is 5370. The van der Waals surface area contributed by atoms with Gasteiger partial charge in [0, 0.05) is 117 Å². The molecule has 0 saturated heterocycles. The van der Waals surface area contributed by atoms with E-state index in [1.807, 2.05) is 36.4 Å². The molecule has 8 heteroatoms. The highest BCUT2D eigenvalue weighted by Gasteiger charge is 2.21. The van der Waals surface area contributed by atoms with Crippen molar-refractivity contribution in [1.82, 2.24) is 23.7 Å². The summed E-state index contributed by atoms with van der Waals surface area (Å²) in [6.07, 6.45) is 0. The maximum atomic E-state index is 6.45. The molecule has 12 aromatic carbocycles. The van der Waals surface area contributed by atoms with Crippen LogP contribution in [0.1, 0.15) is 0 Å². The van der Waals surface area contributed by atoms with Crippen molar-refractivity contribution in [1.29, 1.82) is 0 Å². The summed E-state index contributed by atoms with van der Waals surface area (Å²) >= 11 is 0. The fourth-order valence-electron chi connectivity index (χ4n) is 13.6. The van der Waals surface area contributed by atoms with Crippen molar-refractivity contribution in [2.75, 3.05) is 0 Å². The highest BCUT2D eigenvalue weighted by molar-refractivity contribution is 6.20. The fourth-order valence-corrected chi connectivity index (χ4v) is 13.6. The maximum Gasteiger partial charge on any atom is 0.160 e. The molecule has 390 valence electrons. The molecule has 0 aliphatic rings. The van der Waals surface area contributed by atoms with Crippen LogP contribution in [0.2, 0.25) is 0 Å². The molecule has 8 nitrogen and oxygen atoms in total. The lowest BCUT2D eigenvalue weighted by atomic mass is 10.1. The Balaban J connectivity index is 0.750. The minimum absolute atomic E-state index is 0.628. The summed E-state index contributed by atoms with van der Waals surface area (Å²) in [6.45, 7) is 0. The van der Waals surface area contributed by atoms with Crippen LogP contribution in [0.3, 0.4) is 0 Å². The molecule has 7 aromatic heterocycles. The molecular weight excluding hydrogens is 1030 g/mol. The number of para-hydroxylation sites is 6. The van der Waals surface area contributed by atoms with E-state index in [9.17, 15) is 0 Å². The Morgan fingerprint density at radius 2 is 0.512 bits per heavy atom. The first-order valence-corrected chi connectivity index (χ1v) is 28.4. The van der Waals surface area contributed by atoms with Crippen molar-refractivity contribution in [3.05, 3.63) is 261 Å². The minimum Gasteiger partial charge on any atom is -0.456 e. The van der Waals surface area contributed by atoms with E-state index >= 15 is 0 Å². The van der Waals surface area contributed by atoms with E-state index in [4.69, 9.17) is 23.2 Å². The average Bonchev–Trinajstić information content (AvgIpc) is 2.22. The van der Waals surface area contributed by atoms with Crippen molar-refractivity contribution < 1.29 is 13.3 Å². The number of rotatable bonds is 6. The highest BCUT2D eigenvalue weighted by atomic mass is 16.3. The van der Waals surface area contributed by atoms with Gasteiger partial charge in [-0.2, -0.15) is 0 Å². The van der Waals surface area contributed by atoms with E-state index in [1.165, 1.54) is 32.3 Å². The van der Waals surface area contributed by atoms with Gasteiger partial charge < -0.3 is 27.0 Å². The lowest BCUT2D eigenvalue weighted by molar-refractivity contribution is 0.669. The zero-order valence-electron chi connectivity index (χ0n) is 44.8. The van der Waals surface area contributed by atoms with Gasteiger partial charge in [-0.05, 0) is 109 Å². The Morgan fingerprint density at radius 3 is 0.857 bits per heavy atom. The van der Waals surface area contributed by atoms with Gasteiger partial charge in [-0.15, -0.1) is 0 Å². The van der Waals surface area contributed by atoms with Crippen LogP contribution in [-0.2, 0) is 0 Å². The number of furan rings is 3. The predicted octanol–water partition coefficient (Wildman–Crippen LogP) is 20.5. The van der Waals surface area contributed by atoms with Crippen molar-refractivity contribution in [2.45, 2.75) is 0 Å². The molecule has 0 radical (unpaired) electrons. The molecule has 0 bridgehead atoms. The van der Waals surface area contributed by atoms with Crippen LogP contribution in [0.15, 0.2) is 274 Å². The van der Waals surface area contributed by atoms with Crippen LogP contribution < -0.4 is 0 Å². The number of nitrogens with zero attached hydrogens (tertiary/aromatic N) is 5. The quantitative estimate of drug-likeness (QED) is 0.166. The molecular formula is C76H43N5O3. The van der Waals surface area contributed by atoms with E-state index in [-0.39, 0.29) is 0 Å². The standard InChI is InChI=1S/C76H43N5O3/c1-7-19-64-50(13-1)56-37-59-53-16-4-10-22-70(53)82-73(59)41-67(56)79(64)47-31-25-44(26-32-47)62-40-63(45-27-33-48(34-28-45)80-65-20-8-2-14-51(65)57-38-60-54-17-5-11-23-71(54)83-74(60)42-68(57)80)78-76(77-62)46-29-35-49(36-30-46)81-66-21-9-3-15-52(66)58-39-61-55-18-6-12-24-72(55)84-75(61)43-69(58)81/h1-43H. The number of aromatic nitrogens is 5. The van der Waals surface area contributed by atoms with Crippen LogP contribution in [0, 0.1) is 0 Å². The molecule has 0 amide bonds. The van der Waals surface area contributed by atoms with E-state index < -0.39 is 0 Å². The smallest absolute Gasteiger partial charge is 0.160 e. The summed E-state index contributed by atoms with van der Waals surface area (Å²) in [7, 11) is 0. The van der Waals surface area contributed by atoms with Gasteiger partial charge in [0.25, 0.3) is 0 Å². The molecule has 0 unspecified atom stereocenters. The monoisotopic (exact) mass is 1070 g/mol. The van der Waals surface area contributed by atoms with Gasteiger partial charge in [0.1, 0.15) is 33.5 Å². The second-order valence-electron chi connectivity index (χ2n) is 22.1. The molecule has 19 rings (SSSR count). The van der Waals surface area contributed by atoms with Crippen molar-refractivity contribution >= 4 is 131 Å². The van der Waals surface area contributed by atoms with Crippen LogP contribution in [0.5, 0.6) is 0 Å². The van der Waals surface area contributed by atoms with Gasteiger partial charge in [-0.1, -0.05) is 133 Å². The number of hydrogen-bond acceptors (Lipinski definition) is 5. The molecule has 0 spiro atoms. The van der Waals surface area contributed by atoms with Gasteiger partial charge in [0.05, 0.1) is 44.5 Å². The SMILES string of the molecule is c1ccc2c(c1)oc1cc3c(cc12)c1ccccc1n3-c1ccc(-c2cc(-c3ccc(-n4c5ccccc5c5cc6c(cc54)oc4ccccc46)cc3)nc(-c3ccc(-n4c5ccccc5c5cc6c(cc54)oc4ccccc46)cc3)n2)cc1. The number of hydrogen-bond donors (Lipinski definition) is 0. The minimum atomic E-state index is 0.628. The van der Waals surface area contributed by atoms with E-state index in [1.54, 1.807) is 0 Å². The van der Waals surface area contributed by atoms with E-state index in [0.29, 0.717) is 5.82 Å². The largest absolute Gasteiger partial charge is 0.456 e. The second-order valence-corrected chi connectivity index (χ2v) is 22.1. The first-order chi connectivity index (χ1) is 41.6. The third kappa shape index (κ3) is 6.53. The summed E-state index contributed by atoms with van der Waals surface area (Å²) in [5.41, 5.74) is 19.5. The second kappa shape index (κ2) is 17.0. The summed E-state index contributed by atoms with van der Waals surface area (Å²) in [5.74, 6) is 0.628. The number of benzene rings is 12. The first kappa shape index (κ1) is 45.3. The molecule has 0 fully saturated rings. The Labute approximate surface area is 477 Å². The van der Waals surface area contributed by atoms with Gasteiger partial charge in [-0.25, -0.2) is 9.97 Å². The lowest BCUT2D eigenvalue weighted by Crippen LogP contribution is -1.98. The first-order valence-electron chi connectivity index (χ1n) is 28.4. The van der Waals surface area contributed by atoms with Gasteiger partial charge in [0.15, 0.2) is 5.82 Å². The molecule has 0 aliphatic carbocycles. The molecule has 0 N–H and O–H groups in total. The zero-order chi connectivity index (χ0) is 54.7. The molecule has 0 aliphatic heterocycles. The summed E-state index contributed by atoms with van der Waals surface area (Å²) in [4.78, 5) is 10.8. The fraction of sp³-hybridized carbons (Fsp3) is 0. The van der Waals surface area contributed by atoms with Crippen LogP contribution in [0.25, 0.3) is 182 Å². The molecule has 0 atom stereocenters. The van der Waals surface area contributed by atoms with Gasteiger partial charge >= 0.3 is 0 Å².